The third-order valence-electron chi connectivity index (χ3n) is 2.47. The summed E-state index contributed by atoms with van der Waals surface area (Å²) in [5.74, 6) is -2.77. The molecule has 1 aromatic rings. The van der Waals surface area contributed by atoms with Crippen LogP contribution < -0.4 is 10.1 Å². The van der Waals surface area contributed by atoms with Crippen molar-refractivity contribution in [3.8, 4) is 5.75 Å². The van der Waals surface area contributed by atoms with Gasteiger partial charge in [0, 0.05) is 5.56 Å². The molecule has 21 heavy (non-hydrogen) atoms. The number of ether oxygens (including phenoxy) is 1. The van der Waals surface area contributed by atoms with Crippen molar-refractivity contribution in [3.05, 3.63) is 29.8 Å². The Bertz CT molecular complexity index is 523. The maximum Gasteiger partial charge on any atom is 0.326 e. The molecular formula is C14H17NO6. The molecule has 7 nitrogen and oxygen atoms in total. The maximum atomic E-state index is 11.9. The minimum atomic E-state index is -1.47. The van der Waals surface area contributed by atoms with Gasteiger partial charge in [-0.15, -0.1) is 0 Å². The van der Waals surface area contributed by atoms with Crippen LogP contribution in [0.3, 0.4) is 0 Å². The van der Waals surface area contributed by atoms with Gasteiger partial charge in [0.25, 0.3) is 5.91 Å². The van der Waals surface area contributed by atoms with Gasteiger partial charge in [-0.2, -0.15) is 0 Å². The van der Waals surface area contributed by atoms with Crippen molar-refractivity contribution in [2.24, 2.45) is 0 Å². The lowest BCUT2D eigenvalue weighted by atomic mass is 10.1. The second kappa shape index (κ2) is 7.28. The predicted octanol–water partition coefficient (Wildman–Crippen LogP) is 1.13. The van der Waals surface area contributed by atoms with E-state index >= 15 is 0 Å². The summed E-state index contributed by atoms with van der Waals surface area (Å²) in [6.45, 7) is 3.73. The highest BCUT2D eigenvalue weighted by atomic mass is 16.5. The third kappa shape index (κ3) is 5.52. The zero-order chi connectivity index (χ0) is 16.0. The van der Waals surface area contributed by atoms with E-state index in [9.17, 15) is 14.4 Å². The summed E-state index contributed by atoms with van der Waals surface area (Å²) in [6.07, 6.45) is -0.688. The molecule has 114 valence electrons. The number of carboxylic acids is 2. The van der Waals surface area contributed by atoms with Crippen LogP contribution >= 0.6 is 0 Å². The van der Waals surface area contributed by atoms with Crippen LogP contribution in [0.15, 0.2) is 24.3 Å². The Morgan fingerprint density at radius 1 is 1.14 bits per heavy atom. The highest BCUT2D eigenvalue weighted by Gasteiger charge is 2.23. The molecular weight excluding hydrogens is 278 g/mol. The first kappa shape index (κ1) is 16.5. The molecule has 1 aromatic carbocycles. The Morgan fingerprint density at radius 2 is 1.71 bits per heavy atom. The number of carbonyl (C=O) groups excluding carboxylic acids is 1. The Kier molecular flexibility index (Phi) is 5.71. The lowest BCUT2D eigenvalue weighted by Gasteiger charge is -2.13. The second-order valence-corrected chi connectivity index (χ2v) is 4.65. The molecule has 1 atom stereocenters. The van der Waals surface area contributed by atoms with Crippen molar-refractivity contribution < 1.29 is 29.3 Å². The van der Waals surface area contributed by atoms with Gasteiger partial charge in [-0.1, -0.05) is 0 Å². The number of carbonyl (C=O) groups is 3. The van der Waals surface area contributed by atoms with Crippen LogP contribution in [0, 0.1) is 0 Å². The minimum absolute atomic E-state index is 0.00312. The normalized spacial score (nSPS) is 11.8. The van der Waals surface area contributed by atoms with Crippen molar-refractivity contribution in [2.75, 3.05) is 0 Å². The van der Waals surface area contributed by atoms with Crippen molar-refractivity contribution in [1.82, 2.24) is 5.32 Å². The van der Waals surface area contributed by atoms with Gasteiger partial charge in [-0.3, -0.25) is 9.59 Å². The van der Waals surface area contributed by atoms with E-state index in [0.29, 0.717) is 5.75 Å². The Morgan fingerprint density at radius 3 is 2.14 bits per heavy atom. The zero-order valence-electron chi connectivity index (χ0n) is 11.7. The van der Waals surface area contributed by atoms with Gasteiger partial charge in [0.15, 0.2) is 0 Å². The smallest absolute Gasteiger partial charge is 0.326 e. The number of amides is 1. The average Bonchev–Trinajstić information content (AvgIpc) is 2.37. The highest BCUT2D eigenvalue weighted by Crippen LogP contribution is 2.14. The van der Waals surface area contributed by atoms with Crippen LogP contribution in [0.25, 0.3) is 0 Å². The molecule has 0 bridgehead atoms. The quantitative estimate of drug-likeness (QED) is 0.695. The first-order valence-corrected chi connectivity index (χ1v) is 6.31. The van der Waals surface area contributed by atoms with E-state index in [0.717, 1.165) is 0 Å². The largest absolute Gasteiger partial charge is 0.491 e. The molecule has 0 heterocycles. The number of aliphatic carboxylic acids is 2. The van der Waals surface area contributed by atoms with Crippen LogP contribution in [0.2, 0.25) is 0 Å². The predicted molar refractivity (Wildman–Crippen MR) is 73.3 cm³/mol. The van der Waals surface area contributed by atoms with Crippen LogP contribution in [-0.4, -0.2) is 40.2 Å². The molecule has 1 amide bonds. The van der Waals surface area contributed by atoms with Crippen molar-refractivity contribution in [1.29, 1.82) is 0 Å². The number of benzene rings is 1. The third-order valence-corrected chi connectivity index (χ3v) is 2.47. The molecule has 0 aliphatic carbocycles. The second-order valence-electron chi connectivity index (χ2n) is 4.65. The van der Waals surface area contributed by atoms with Crippen LogP contribution in [0.1, 0.15) is 30.6 Å². The zero-order valence-corrected chi connectivity index (χ0v) is 11.7. The van der Waals surface area contributed by atoms with Crippen LogP contribution in [-0.2, 0) is 9.59 Å². The fraction of sp³-hybridized carbons (Fsp3) is 0.357. The molecule has 0 aliphatic heterocycles. The molecule has 3 N–H and O–H groups in total. The summed E-state index contributed by atoms with van der Waals surface area (Å²) in [7, 11) is 0. The van der Waals surface area contributed by atoms with Gasteiger partial charge in [-0.25, -0.2) is 4.79 Å². The summed E-state index contributed by atoms with van der Waals surface area (Å²) in [5.41, 5.74) is 0.225. The van der Waals surface area contributed by atoms with Crippen molar-refractivity contribution >= 4 is 17.8 Å². The molecule has 0 spiro atoms. The number of carboxylic acid groups (broad SMARTS) is 2. The molecule has 0 fully saturated rings. The van der Waals surface area contributed by atoms with Gasteiger partial charge in [0.1, 0.15) is 11.8 Å². The van der Waals surface area contributed by atoms with E-state index in [1.807, 2.05) is 13.8 Å². The van der Waals surface area contributed by atoms with Gasteiger partial charge in [-0.05, 0) is 38.1 Å². The Balaban J connectivity index is 2.73. The molecule has 7 heteroatoms. The maximum absolute atomic E-state index is 11.9. The summed E-state index contributed by atoms with van der Waals surface area (Å²) < 4.78 is 5.42. The topological polar surface area (TPSA) is 113 Å². The van der Waals surface area contributed by atoms with Crippen LogP contribution in [0.4, 0.5) is 0 Å². The Labute approximate surface area is 121 Å². The SMILES string of the molecule is CC(C)Oc1ccc(C(=O)N[C@@H](CC(=O)O)C(=O)O)cc1. The van der Waals surface area contributed by atoms with Crippen molar-refractivity contribution in [2.45, 2.75) is 32.4 Å². The lowest BCUT2D eigenvalue weighted by molar-refractivity contribution is -0.145. The Hall–Kier alpha value is -2.57. The molecule has 0 radical (unpaired) electrons. The van der Waals surface area contributed by atoms with E-state index in [-0.39, 0.29) is 11.7 Å². The van der Waals surface area contributed by atoms with E-state index < -0.39 is 30.3 Å². The van der Waals surface area contributed by atoms with Gasteiger partial charge in [0.2, 0.25) is 0 Å². The number of hydrogen-bond acceptors (Lipinski definition) is 4. The summed E-state index contributed by atoms with van der Waals surface area (Å²) in [4.78, 5) is 33.3. The average molecular weight is 295 g/mol. The summed E-state index contributed by atoms with van der Waals surface area (Å²) in [5, 5.41) is 19.6. The fourth-order valence-corrected chi connectivity index (χ4v) is 1.57. The number of hydrogen-bond donors (Lipinski definition) is 3. The molecule has 0 aliphatic rings. The summed E-state index contributed by atoms with van der Waals surface area (Å²) in [6, 6.07) is 4.66. The highest BCUT2D eigenvalue weighted by molar-refractivity contribution is 5.97. The van der Waals surface area contributed by atoms with E-state index in [1.165, 1.54) is 12.1 Å². The first-order chi connectivity index (χ1) is 9.79. The molecule has 0 unspecified atom stereocenters. The van der Waals surface area contributed by atoms with E-state index in [2.05, 4.69) is 5.32 Å². The standard InChI is InChI=1S/C14H17NO6/c1-8(2)21-10-5-3-9(4-6-10)13(18)15-11(14(19)20)7-12(16)17/h3-6,8,11H,7H2,1-2H3,(H,15,18)(H,16,17)(H,19,20)/t11-/m0/s1. The number of rotatable bonds is 7. The number of nitrogens with one attached hydrogen (secondary N) is 1. The monoisotopic (exact) mass is 295 g/mol. The van der Waals surface area contributed by atoms with Crippen molar-refractivity contribution in [3.63, 3.8) is 0 Å². The lowest BCUT2D eigenvalue weighted by Crippen LogP contribution is -2.42. The molecule has 0 aromatic heterocycles. The van der Waals surface area contributed by atoms with Crippen LogP contribution in [0.5, 0.6) is 5.75 Å². The molecule has 0 saturated carbocycles. The van der Waals surface area contributed by atoms with Gasteiger partial charge in [0.05, 0.1) is 12.5 Å². The van der Waals surface area contributed by atoms with Gasteiger partial charge < -0.3 is 20.3 Å². The van der Waals surface area contributed by atoms with Gasteiger partial charge >= 0.3 is 11.9 Å². The van der Waals surface area contributed by atoms with E-state index in [1.54, 1.807) is 12.1 Å². The fourth-order valence-electron chi connectivity index (χ4n) is 1.57. The molecule has 1 rings (SSSR count). The minimum Gasteiger partial charge on any atom is -0.491 e. The first-order valence-electron chi connectivity index (χ1n) is 6.31. The van der Waals surface area contributed by atoms with E-state index in [4.69, 9.17) is 14.9 Å². The summed E-state index contributed by atoms with van der Waals surface area (Å²) >= 11 is 0. The molecule has 0 saturated heterocycles.